The number of carboxylic acid groups (broad SMARTS) is 1. The van der Waals surface area contributed by atoms with Gasteiger partial charge in [-0.3, -0.25) is 14.5 Å². The number of nitrogens with one attached hydrogen (secondary N) is 2. The first-order valence-corrected chi connectivity index (χ1v) is 6.66. The molecule has 1 aliphatic heterocycles. The van der Waals surface area contributed by atoms with Crippen molar-refractivity contribution in [3.05, 3.63) is 28.8 Å². The van der Waals surface area contributed by atoms with Crippen LogP contribution in [0.3, 0.4) is 0 Å². The molecule has 1 atom stereocenters. The second-order valence-electron chi connectivity index (χ2n) is 4.58. The SMILES string of the molecule is C[C@@H](NC(=O)c1cc(N2CCNC2=O)ccc1Cl)C(=O)O. The number of hydrogen-bond donors (Lipinski definition) is 3. The van der Waals surface area contributed by atoms with E-state index in [1.165, 1.54) is 24.0 Å². The minimum absolute atomic E-state index is 0.127. The van der Waals surface area contributed by atoms with Gasteiger partial charge in [0.25, 0.3) is 5.91 Å². The van der Waals surface area contributed by atoms with Gasteiger partial charge in [0, 0.05) is 18.8 Å². The number of carbonyl (C=O) groups is 3. The van der Waals surface area contributed by atoms with Crippen molar-refractivity contribution < 1.29 is 19.5 Å². The summed E-state index contributed by atoms with van der Waals surface area (Å²) in [4.78, 5) is 35.9. The highest BCUT2D eigenvalue weighted by Crippen LogP contribution is 2.24. The molecule has 8 heteroatoms. The Morgan fingerprint density at radius 3 is 2.76 bits per heavy atom. The summed E-state index contributed by atoms with van der Waals surface area (Å²) in [5.41, 5.74) is 0.657. The number of nitrogens with zero attached hydrogens (tertiary/aromatic N) is 1. The molecule has 1 heterocycles. The van der Waals surface area contributed by atoms with Crippen LogP contribution in [-0.2, 0) is 4.79 Å². The molecule has 0 aliphatic carbocycles. The average Bonchev–Trinajstić information content (AvgIpc) is 2.85. The Labute approximate surface area is 125 Å². The summed E-state index contributed by atoms with van der Waals surface area (Å²) in [6.07, 6.45) is 0. The van der Waals surface area contributed by atoms with E-state index in [-0.39, 0.29) is 16.6 Å². The zero-order valence-electron chi connectivity index (χ0n) is 11.2. The highest BCUT2D eigenvalue weighted by Gasteiger charge is 2.23. The molecule has 0 aromatic heterocycles. The van der Waals surface area contributed by atoms with Crippen molar-refractivity contribution in [1.82, 2.24) is 10.6 Å². The Bertz CT molecular complexity index is 605. The Hall–Kier alpha value is -2.28. The summed E-state index contributed by atoms with van der Waals surface area (Å²) in [6.45, 7) is 2.37. The van der Waals surface area contributed by atoms with Crippen molar-refractivity contribution in [3.63, 3.8) is 0 Å². The second kappa shape index (κ2) is 6.01. The third kappa shape index (κ3) is 3.25. The van der Waals surface area contributed by atoms with Crippen molar-refractivity contribution in [2.45, 2.75) is 13.0 Å². The van der Waals surface area contributed by atoms with Gasteiger partial charge in [0.05, 0.1) is 10.6 Å². The lowest BCUT2D eigenvalue weighted by Crippen LogP contribution is -2.38. The van der Waals surface area contributed by atoms with Gasteiger partial charge in [-0.15, -0.1) is 0 Å². The number of rotatable bonds is 4. The summed E-state index contributed by atoms with van der Waals surface area (Å²) in [7, 11) is 0. The van der Waals surface area contributed by atoms with Gasteiger partial charge in [-0.25, -0.2) is 4.79 Å². The van der Waals surface area contributed by atoms with Crippen molar-refractivity contribution in [3.8, 4) is 0 Å². The molecular weight excluding hydrogens is 298 g/mol. The maximum absolute atomic E-state index is 12.1. The molecule has 0 radical (unpaired) electrons. The number of halogens is 1. The van der Waals surface area contributed by atoms with Crippen LogP contribution >= 0.6 is 11.6 Å². The molecule has 3 amide bonds. The van der Waals surface area contributed by atoms with Crippen LogP contribution in [0, 0.1) is 0 Å². The summed E-state index contributed by atoms with van der Waals surface area (Å²) in [5, 5.41) is 14.0. The fraction of sp³-hybridized carbons (Fsp3) is 0.308. The number of urea groups is 1. The lowest BCUT2D eigenvalue weighted by Gasteiger charge is -2.16. The number of anilines is 1. The number of benzene rings is 1. The van der Waals surface area contributed by atoms with E-state index in [1.807, 2.05) is 0 Å². The van der Waals surface area contributed by atoms with E-state index in [2.05, 4.69) is 10.6 Å². The zero-order chi connectivity index (χ0) is 15.6. The van der Waals surface area contributed by atoms with Gasteiger partial charge in [-0.2, -0.15) is 0 Å². The van der Waals surface area contributed by atoms with Gasteiger partial charge in [0.2, 0.25) is 0 Å². The van der Waals surface area contributed by atoms with Gasteiger partial charge in [-0.1, -0.05) is 11.6 Å². The van der Waals surface area contributed by atoms with E-state index < -0.39 is 17.9 Å². The first-order chi connectivity index (χ1) is 9.90. The van der Waals surface area contributed by atoms with E-state index in [1.54, 1.807) is 6.07 Å². The number of hydrogen-bond acceptors (Lipinski definition) is 3. The maximum Gasteiger partial charge on any atom is 0.325 e. The lowest BCUT2D eigenvalue weighted by molar-refractivity contribution is -0.138. The van der Waals surface area contributed by atoms with Crippen molar-refractivity contribution in [2.75, 3.05) is 18.0 Å². The fourth-order valence-corrected chi connectivity index (χ4v) is 2.11. The predicted molar refractivity (Wildman–Crippen MR) is 76.8 cm³/mol. The van der Waals surface area contributed by atoms with Gasteiger partial charge >= 0.3 is 12.0 Å². The molecule has 3 N–H and O–H groups in total. The second-order valence-corrected chi connectivity index (χ2v) is 4.99. The first-order valence-electron chi connectivity index (χ1n) is 6.28. The van der Waals surface area contributed by atoms with Crippen molar-refractivity contribution >= 4 is 35.2 Å². The number of aliphatic carboxylic acids is 1. The topological polar surface area (TPSA) is 98.7 Å². The molecule has 0 saturated carbocycles. The highest BCUT2D eigenvalue weighted by molar-refractivity contribution is 6.34. The van der Waals surface area contributed by atoms with E-state index >= 15 is 0 Å². The highest BCUT2D eigenvalue weighted by atomic mass is 35.5. The van der Waals surface area contributed by atoms with Crippen LogP contribution in [0.15, 0.2) is 18.2 Å². The summed E-state index contributed by atoms with van der Waals surface area (Å²) in [6, 6.07) is 3.32. The standard InChI is InChI=1S/C13H14ClN3O4/c1-7(12(19)20)16-11(18)9-6-8(2-3-10(9)14)17-5-4-15-13(17)21/h2-3,6-7H,4-5H2,1H3,(H,15,21)(H,16,18)(H,19,20)/t7-/m1/s1. The van der Waals surface area contributed by atoms with Crippen molar-refractivity contribution in [1.29, 1.82) is 0 Å². The Morgan fingerprint density at radius 1 is 1.48 bits per heavy atom. The molecule has 7 nitrogen and oxygen atoms in total. The Kier molecular flexibility index (Phi) is 4.32. The molecule has 1 aliphatic rings. The van der Waals surface area contributed by atoms with Crippen LogP contribution in [0.25, 0.3) is 0 Å². The Morgan fingerprint density at radius 2 is 2.19 bits per heavy atom. The molecule has 1 saturated heterocycles. The van der Waals surface area contributed by atoms with Crippen LogP contribution in [-0.4, -0.2) is 42.1 Å². The van der Waals surface area contributed by atoms with E-state index in [4.69, 9.17) is 16.7 Å². The minimum Gasteiger partial charge on any atom is -0.480 e. The molecule has 0 spiro atoms. The third-order valence-corrected chi connectivity index (χ3v) is 3.41. The molecule has 21 heavy (non-hydrogen) atoms. The molecule has 0 unspecified atom stereocenters. The van der Waals surface area contributed by atoms with E-state index in [9.17, 15) is 14.4 Å². The number of carboxylic acids is 1. The molecule has 0 bridgehead atoms. The first kappa shape index (κ1) is 15.1. The summed E-state index contributed by atoms with van der Waals surface area (Å²) in [5.74, 6) is -1.74. The van der Waals surface area contributed by atoms with Crippen LogP contribution < -0.4 is 15.5 Å². The van der Waals surface area contributed by atoms with Gasteiger partial charge < -0.3 is 15.7 Å². The molecule has 1 aromatic carbocycles. The normalized spacial score (nSPS) is 15.5. The number of carbonyl (C=O) groups excluding carboxylic acids is 2. The third-order valence-electron chi connectivity index (χ3n) is 3.08. The molecule has 1 aromatic rings. The summed E-state index contributed by atoms with van der Waals surface area (Å²) >= 11 is 5.97. The lowest BCUT2D eigenvalue weighted by atomic mass is 10.1. The quantitative estimate of drug-likeness (QED) is 0.774. The molecule has 112 valence electrons. The van der Waals surface area contributed by atoms with Gasteiger partial charge in [0.15, 0.2) is 0 Å². The maximum atomic E-state index is 12.1. The molecule has 2 rings (SSSR count). The molecular formula is C13H14ClN3O4. The van der Waals surface area contributed by atoms with Crippen LogP contribution in [0.4, 0.5) is 10.5 Å². The van der Waals surface area contributed by atoms with Crippen LogP contribution in [0.2, 0.25) is 5.02 Å². The minimum atomic E-state index is -1.14. The van der Waals surface area contributed by atoms with Gasteiger partial charge in [-0.05, 0) is 25.1 Å². The smallest absolute Gasteiger partial charge is 0.325 e. The van der Waals surface area contributed by atoms with Gasteiger partial charge in [0.1, 0.15) is 6.04 Å². The molecule has 1 fully saturated rings. The number of amides is 3. The zero-order valence-corrected chi connectivity index (χ0v) is 12.0. The Balaban J connectivity index is 2.25. The van der Waals surface area contributed by atoms with Crippen molar-refractivity contribution in [2.24, 2.45) is 0 Å². The average molecular weight is 312 g/mol. The monoisotopic (exact) mass is 311 g/mol. The fourth-order valence-electron chi connectivity index (χ4n) is 1.91. The van der Waals surface area contributed by atoms with Crippen LogP contribution in [0.5, 0.6) is 0 Å². The predicted octanol–water partition coefficient (Wildman–Crippen LogP) is 1.07. The summed E-state index contributed by atoms with van der Waals surface area (Å²) < 4.78 is 0. The van der Waals surface area contributed by atoms with E-state index in [0.717, 1.165) is 0 Å². The van der Waals surface area contributed by atoms with E-state index in [0.29, 0.717) is 18.8 Å². The van der Waals surface area contributed by atoms with Crippen LogP contribution in [0.1, 0.15) is 17.3 Å². The largest absolute Gasteiger partial charge is 0.480 e.